The normalized spacial score (nSPS) is 11.6. The molecule has 4 nitrogen and oxygen atoms in total. The fourth-order valence-corrected chi connectivity index (χ4v) is 6.68. The first-order valence-corrected chi connectivity index (χ1v) is 15.1. The molecule has 0 N–H and O–H groups in total. The zero-order valence-electron chi connectivity index (χ0n) is 24.3. The van der Waals surface area contributed by atoms with Crippen LogP contribution >= 0.6 is 0 Å². The van der Waals surface area contributed by atoms with E-state index in [1.165, 1.54) is 49.0 Å². The van der Waals surface area contributed by atoms with Gasteiger partial charge in [-0.1, -0.05) is 115 Å². The Bertz CT molecular complexity index is 2470. The highest BCUT2D eigenvalue weighted by Crippen LogP contribution is 2.45. The lowest BCUT2D eigenvalue weighted by molar-refractivity contribution is 0.766. The number of fused-ring (bicyclic) bond motifs is 4. The lowest BCUT2D eigenvalue weighted by Crippen LogP contribution is -1.97. The Labute approximate surface area is 259 Å². The van der Waals surface area contributed by atoms with Crippen molar-refractivity contribution >= 4 is 43.4 Å². The van der Waals surface area contributed by atoms with Crippen molar-refractivity contribution in [2.24, 2.45) is 0 Å². The number of hydrogen-bond acceptors (Lipinski definition) is 3. The van der Waals surface area contributed by atoms with Gasteiger partial charge in [0, 0.05) is 12.4 Å². The van der Waals surface area contributed by atoms with Crippen molar-refractivity contribution in [2.75, 3.05) is 0 Å². The highest BCUT2D eigenvalue weighted by molar-refractivity contribution is 6.23. The third-order valence-electron chi connectivity index (χ3n) is 8.75. The minimum atomic E-state index is 0.857. The number of pyridine rings is 1. The Kier molecular flexibility index (Phi) is 5.78. The van der Waals surface area contributed by atoms with Gasteiger partial charge < -0.3 is 0 Å². The van der Waals surface area contributed by atoms with Crippen LogP contribution in [0.15, 0.2) is 158 Å². The van der Waals surface area contributed by atoms with Gasteiger partial charge in [-0.3, -0.25) is 4.98 Å². The summed E-state index contributed by atoms with van der Waals surface area (Å²) in [5.74, 6) is 0. The van der Waals surface area contributed by atoms with Crippen molar-refractivity contribution in [3.8, 4) is 39.1 Å². The van der Waals surface area contributed by atoms with Crippen LogP contribution < -0.4 is 0 Å². The maximum atomic E-state index is 4.92. The largest absolute Gasteiger partial charge is 0.264 e. The molecule has 0 unspecified atom stereocenters. The summed E-state index contributed by atoms with van der Waals surface area (Å²) in [4.78, 5) is 5.97. The maximum Gasteiger partial charge on any atom is 0.114 e. The summed E-state index contributed by atoms with van der Waals surface area (Å²) in [7, 11) is 0. The number of benzene rings is 7. The van der Waals surface area contributed by atoms with E-state index < -0.39 is 0 Å². The Morgan fingerprint density at radius 3 is 1.76 bits per heavy atom. The lowest BCUT2D eigenvalue weighted by atomic mass is 9.85. The second kappa shape index (κ2) is 10.2. The predicted molar refractivity (Wildman–Crippen MR) is 185 cm³/mol. The molecule has 0 amide bonds. The molecule has 0 radical (unpaired) electrons. The highest BCUT2D eigenvalue weighted by atomic mass is 15.5. The Hall–Kier alpha value is -6.13. The third kappa shape index (κ3) is 4.19. The van der Waals surface area contributed by atoms with E-state index in [-0.39, 0.29) is 0 Å². The molecule has 0 spiro atoms. The van der Waals surface area contributed by atoms with Crippen molar-refractivity contribution in [3.63, 3.8) is 0 Å². The van der Waals surface area contributed by atoms with Crippen LogP contribution in [0.3, 0.4) is 0 Å². The van der Waals surface area contributed by atoms with E-state index in [1.807, 2.05) is 12.3 Å². The van der Waals surface area contributed by atoms with Crippen molar-refractivity contribution in [1.82, 2.24) is 20.0 Å². The Balaban J connectivity index is 1.22. The van der Waals surface area contributed by atoms with Crippen LogP contribution in [0.5, 0.6) is 0 Å². The van der Waals surface area contributed by atoms with E-state index in [0.29, 0.717) is 0 Å². The van der Waals surface area contributed by atoms with E-state index in [2.05, 4.69) is 145 Å². The van der Waals surface area contributed by atoms with Gasteiger partial charge in [0.25, 0.3) is 0 Å². The molecule has 9 aromatic rings. The van der Waals surface area contributed by atoms with Crippen LogP contribution in [0, 0.1) is 0 Å². The molecule has 7 aromatic carbocycles. The van der Waals surface area contributed by atoms with Gasteiger partial charge in [-0.2, -0.15) is 4.80 Å². The molecule has 0 saturated heterocycles. The molecular formula is C41H26N4. The minimum Gasteiger partial charge on any atom is -0.264 e. The zero-order valence-corrected chi connectivity index (χ0v) is 24.3. The van der Waals surface area contributed by atoms with Crippen molar-refractivity contribution in [1.29, 1.82) is 0 Å². The van der Waals surface area contributed by atoms with Gasteiger partial charge in [-0.25, -0.2) is 0 Å². The topological polar surface area (TPSA) is 43.6 Å². The first kappa shape index (κ1) is 25.4. The third-order valence-corrected chi connectivity index (χ3v) is 8.75. The molecule has 2 heterocycles. The van der Waals surface area contributed by atoms with Gasteiger partial charge in [0.2, 0.25) is 0 Å². The number of rotatable bonds is 4. The molecule has 2 aromatic heterocycles. The average molecular weight is 575 g/mol. The molecule has 9 rings (SSSR count). The van der Waals surface area contributed by atoms with Crippen molar-refractivity contribution < 1.29 is 0 Å². The molecule has 210 valence electrons. The molecule has 0 atom stereocenters. The SMILES string of the molecule is c1cncc(-c2ccc(-n3nc4ccc(-c5c6ccccc6c(-c6cccc7ccccc67)c6ccccc56)cc4n3)cc2)c1. The molecule has 0 aliphatic rings. The number of nitrogens with zero attached hydrogens (tertiary/aromatic N) is 4. The van der Waals surface area contributed by atoms with Crippen LogP contribution in [-0.2, 0) is 0 Å². The van der Waals surface area contributed by atoms with E-state index >= 15 is 0 Å². The molecule has 0 aliphatic carbocycles. The smallest absolute Gasteiger partial charge is 0.114 e. The quantitative estimate of drug-likeness (QED) is 0.196. The van der Waals surface area contributed by atoms with Crippen molar-refractivity contribution in [3.05, 3.63) is 158 Å². The van der Waals surface area contributed by atoms with Gasteiger partial charge in [-0.15, -0.1) is 10.2 Å². The molecular weight excluding hydrogens is 548 g/mol. The van der Waals surface area contributed by atoms with Crippen molar-refractivity contribution in [2.45, 2.75) is 0 Å². The summed E-state index contributed by atoms with van der Waals surface area (Å²) in [6.45, 7) is 0. The first-order chi connectivity index (χ1) is 22.3. The lowest BCUT2D eigenvalue weighted by Gasteiger charge is -2.18. The summed E-state index contributed by atoms with van der Waals surface area (Å²) < 4.78 is 0. The van der Waals surface area contributed by atoms with Crippen LogP contribution in [0.1, 0.15) is 0 Å². The standard InChI is InChI=1S/C41H26N4/c1-2-12-32-28(9-1)10-7-17-33(32)41-36-15-5-3-13-34(36)40(35-14-4-6-16-37(35)41)29-20-23-38-39(25-29)44-45(43-38)31-21-18-27(19-22-31)30-11-8-24-42-26-30/h1-26H. The molecule has 45 heavy (non-hydrogen) atoms. The molecule has 0 fully saturated rings. The highest BCUT2D eigenvalue weighted by Gasteiger charge is 2.18. The molecule has 0 bridgehead atoms. The summed E-state index contributed by atoms with van der Waals surface area (Å²) in [6.07, 6.45) is 3.66. The predicted octanol–water partition coefficient (Wildman–Crippen LogP) is 10.3. The van der Waals surface area contributed by atoms with Crippen LogP contribution in [0.25, 0.3) is 82.4 Å². The second-order valence-electron chi connectivity index (χ2n) is 11.3. The zero-order chi connectivity index (χ0) is 29.7. The van der Waals surface area contributed by atoms with E-state index in [4.69, 9.17) is 10.2 Å². The van der Waals surface area contributed by atoms with Crippen LogP contribution in [0.2, 0.25) is 0 Å². The van der Waals surface area contributed by atoms with Gasteiger partial charge in [0.15, 0.2) is 0 Å². The monoisotopic (exact) mass is 574 g/mol. The van der Waals surface area contributed by atoms with Gasteiger partial charge in [-0.05, 0) is 96.0 Å². The molecule has 0 saturated carbocycles. The summed E-state index contributed by atoms with van der Waals surface area (Å²) in [5, 5.41) is 17.2. The molecule has 0 aliphatic heterocycles. The van der Waals surface area contributed by atoms with E-state index in [1.54, 1.807) is 11.0 Å². The van der Waals surface area contributed by atoms with Gasteiger partial charge in [0.1, 0.15) is 11.0 Å². The Morgan fingerprint density at radius 1 is 0.422 bits per heavy atom. The fourth-order valence-electron chi connectivity index (χ4n) is 6.68. The Morgan fingerprint density at radius 2 is 1.04 bits per heavy atom. The fraction of sp³-hybridized carbons (Fsp3) is 0. The van der Waals surface area contributed by atoms with Crippen LogP contribution in [-0.4, -0.2) is 20.0 Å². The van der Waals surface area contributed by atoms with E-state index in [0.717, 1.165) is 33.4 Å². The summed E-state index contributed by atoms with van der Waals surface area (Å²) >= 11 is 0. The second-order valence-corrected chi connectivity index (χ2v) is 11.3. The first-order valence-electron chi connectivity index (χ1n) is 15.1. The van der Waals surface area contributed by atoms with Gasteiger partial charge >= 0.3 is 0 Å². The summed E-state index contributed by atoms with van der Waals surface area (Å²) in [5.41, 5.74) is 9.67. The minimum absolute atomic E-state index is 0.857. The van der Waals surface area contributed by atoms with Gasteiger partial charge in [0.05, 0.1) is 5.69 Å². The number of aromatic nitrogens is 4. The number of hydrogen-bond donors (Lipinski definition) is 0. The average Bonchev–Trinajstić information content (AvgIpc) is 3.54. The summed E-state index contributed by atoms with van der Waals surface area (Å²) in [6, 6.07) is 51.5. The molecule has 4 heteroatoms. The van der Waals surface area contributed by atoms with E-state index in [9.17, 15) is 0 Å². The van der Waals surface area contributed by atoms with Crippen LogP contribution in [0.4, 0.5) is 0 Å². The maximum absolute atomic E-state index is 4.92.